The zero-order chi connectivity index (χ0) is 56.9. The van der Waals surface area contributed by atoms with E-state index in [9.17, 15) is 27.8 Å². The summed E-state index contributed by atoms with van der Waals surface area (Å²) in [5.74, 6) is -4.50. The SMILES string of the molecule is CN(C)CC[C@](O)(c1cc(F)cc(F)c1)[C@@H](c1ccccc1)c1cc(Br)cc2c(-c3ccccc3)cc(Cl)nc12.CN(C)CC[C@](O)(c1cc(F)cc(F)c1)[C@@H](c1ccccc1)c1cc(Br)cc2c(-c3ccccc3)cc(Cl)nc12. The minimum atomic E-state index is -1.71. The molecule has 0 aliphatic carbocycles. The fourth-order valence-electron chi connectivity index (χ4n) is 10.7. The maximum absolute atomic E-state index is 14.6. The van der Waals surface area contributed by atoms with Gasteiger partial charge in [0.05, 0.1) is 11.0 Å². The van der Waals surface area contributed by atoms with Crippen molar-refractivity contribution in [2.45, 2.75) is 35.9 Å². The van der Waals surface area contributed by atoms with Gasteiger partial charge in [-0.1, -0.05) is 176 Å². The molecule has 14 heteroatoms. The molecule has 0 saturated heterocycles. The maximum atomic E-state index is 14.6. The molecule has 4 atom stereocenters. The Labute approximate surface area is 490 Å². The van der Waals surface area contributed by atoms with Crippen LogP contribution in [0, 0.1) is 23.3 Å². The number of benzene rings is 8. The molecule has 0 amide bonds. The normalized spacial score (nSPS) is 13.9. The number of hydrogen-bond acceptors (Lipinski definition) is 6. The van der Waals surface area contributed by atoms with Gasteiger partial charge in [-0.15, -0.1) is 0 Å². The van der Waals surface area contributed by atoms with Crippen LogP contribution < -0.4 is 0 Å². The van der Waals surface area contributed by atoms with E-state index in [0.717, 1.165) is 65.2 Å². The molecule has 0 unspecified atom stereocenters. The maximum Gasteiger partial charge on any atom is 0.130 e. The molecule has 408 valence electrons. The summed E-state index contributed by atoms with van der Waals surface area (Å²) >= 11 is 20.6. The fourth-order valence-corrected chi connectivity index (χ4v) is 12.1. The first kappa shape index (κ1) is 58.3. The van der Waals surface area contributed by atoms with E-state index in [1.165, 1.54) is 24.3 Å². The lowest BCUT2D eigenvalue weighted by Crippen LogP contribution is -2.38. The van der Waals surface area contributed by atoms with Crippen LogP contribution in [-0.4, -0.2) is 71.3 Å². The third-order valence-corrected chi connectivity index (χ3v) is 15.7. The minimum absolute atomic E-state index is 0.152. The second kappa shape index (κ2) is 25.2. The number of hydrogen-bond donors (Lipinski definition) is 2. The molecule has 0 bridgehead atoms. The van der Waals surface area contributed by atoms with E-state index in [0.29, 0.717) is 45.6 Å². The van der Waals surface area contributed by atoms with Crippen LogP contribution in [0.2, 0.25) is 10.3 Å². The molecule has 10 rings (SSSR count). The highest BCUT2D eigenvalue weighted by Crippen LogP contribution is 2.50. The highest BCUT2D eigenvalue weighted by Gasteiger charge is 2.44. The number of pyridine rings is 2. The largest absolute Gasteiger partial charge is 0.384 e. The first-order valence-electron chi connectivity index (χ1n) is 25.8. The van der Waals surface area contributed by atoms with Gasteiger partial charge in [0.15, 0.2) is 0 Å². The van der Waals surface area contributed by atoms with Crippen molar-refractivity contribution >= 4 is 76.9 Å². The molecule has 0 saturated carbocycles. The molecular formula is C66H56Br2Cl2F4N4O2. The highest BCUT2D eigenvalue weighted by molar-refractivity contribution is 9.10. The van der Waals surface area contributed by atoms with E-state index >= 15 is 0 Å². The Morgan fingerprint density at radius 1 is 0.450 bits per heavy atom. The van der Waals surface area contributed by atoms with Crippen molar-refractivity contribution in [1.82, 2.24) is 19.8 Å². The molecule has 0 fully saturated rings. The molecule has 2 N–H and O–H groups in total. The third kappa shape index (κ3) is 13.0. The number of aliphatic hydroxyl groups is 2. The second-order valence-corrected chi connectivity index (χ2v) is 23.1. The van der Waals surface area contributed by atoms with Gasteiger partial charge in [0.1, 0.15) is 44.8 Å². The molecule has 0 aliphatic rings. The lowest BCUT2D eigenvalue weighted by Gasteiger charge is -2.39. The number of aromatic nitrogens is 2. The Morgan fingerprint density at radius 2 is 0.762 bits per heavy atom. The Morgan fingerprint density at radius 3 is 1.07 bits per heavy atom. The van der Waals surface area contributed by atoms with Gasteiger partial charge in [-0.3, -0.25) is 0 Å². The van der Waals surface area contributed by atoms with Crippen molar-refractivity contribution < 1.29 is 27.8 Å². The molecule has 6 nitrogen and oxygen atoms in total. The molecule has 2 aromatic heterocycles. The van der Waals surface area contributed by atoms with Crippen molar-refractivity contribution in [2.24, 2.45) is 0 Å². The van der Waals surface area contributed by atoms with Crippen molar-refractivity contribution in [1.29, 1.82) is 0 Å². The summed E-state index contributed by atoms with van der Waals surface area (Å²) in [4.78, 5) is 13.4. The second-order valence-electron chi connectivity index (χ2n) is 20.5. The van der Waals surface area contributed by atoms with E-state index in [1.807, 2.05) is 196 Å². The smallest absolute Gasteiger partial charge is 0.130 e. The van der Waals surface area contributed by atoms with Gasteiger partial charge < -0.3 is 20.0 Å². The lowest BCUT2D eigenvalue weighted by atomic mass is 9.71. The van der Waals surface area contributed by atoms with Gasteiger partial charge >= 0.3 is 0 Å². The summed E-state index contributed by atoms with van der Waals surface area (Å²) in [6, 6.07) is 56.6. The zero-order valence-corrected chi connectivity index (χ0v) is 48.8. The molecule has 8 aromatic carbocycles. The average Bonchev–Trinajstić information content (AvgIpc) is 3.45. The fraction of sp³-hybridized carbons (Fsp3) is 0.182. The van der Waals surface area contributed by atoms with Gasteiger partial charge in [-0.25, -0.2) is 27.5 Å². The van der Waals surface area contributed by atoms with Crippen molar-refractivity contribution in [2.75, 3.05) is 41.3 Å². The van der Waals surface area contributed by atoms with Crippen LogP contribution in [0.4, 0.5) is 17.6 Å². The van der Waals surface area contributed by atoms with E-state index in [4.69, 9.17) is 33.2 Å². The van der Waals surface area contributed by atoms with E-state index in [1.54, 1.807) is 0 Å². The van der Waals surface area contributed by atoms with Crippen LogP contribution in [0.1, 0.15) is 58.1 Å². The van der Waals surface area contributed by atoms with Crippen LogP contribution in [0.15, 0.2) is 203 Å². The predicted octanol–water partition coefficient (Wildman–Crippen LogP) is 17.1. The van der Waals surface area contributed by atoms with Gasteiger partial charge in [0.2, 0.25) is 0 Å². The zero-order valence-electron chi connectivity index (χ0n) is 44.2. The summed E-state index contributed by atoms with van der Waals surface area (Å²) < 4.78 is 60.1. The summed E-state index contributed by atoms with van der Waals surface area (Å²) in [6.45, 7) is 0.931. The standard InChI is InChI=1S/2C33H28BrClF2N2O/c2*1-39(2)14-13-33(40,23-15-25(36)19-26(37)16-23)31(22-11-7-4-8-12-22)29-18-24(34)17-28-27(20-30(35)38-32(28)29)21-9-5-3-6-10-21/h2*3-12,15-20,31,40H,13-14H2,1-2H3/t2*31-,33-/m00/s1. The Kier molecular flexibility index (Phi) is 18.4. The average molecular weight is 1240 g/mol. The molecule has 0 radical (unpaired) electrons. The lowest BCUT2D eigenvalue weighted by molar-refractivity contribution is 0.00396. The molecule has 80 heavy (non-hydrogen) atoms. The Bertz CT molecular complexity index is 3510. The van der Waals surface area contributed by atoms with Crippen LogP contribution in [0.25, 0.3) is 44.1 Å². The number of rotatable bonds is 16. The van der Waals surface area contributed by atoms with Crippen LogP contribution >= 0.6 is 55.1 Å². The number of halogens is 8. The van der Waals surface area contributed by atoms with Gasteiger partial charge in [-0.2, -0.15) is 0 Å². The number of nitrogens with zero attached hydrogens (tertiary/aromatic N) is 4. The molecule has 0 spiro atoms. The summed E-state index contributed by atoms with van der Waals surface area (Å²) in [6.07, 6.45) is 0.394. The minimum Gasteiger partial charge on any atom is -0.384 e. The molecule has 10 aromatic rings. The first-order valence-corrected chi connectivity index (χ1v) is 28.1. The summed E-state index contributed by atoms with van der Waals surface area (Å²) in [5.41, 5.74) is 4.70. The quantitative estimate of drug-likeness (QED) is 0.0742. The third-order valence-electron chi connectivity index (χ3n) is 14.4. The summed E-state index contributed by atoms with van der Waals surface area (Å²) in [7, 11) is 7.58. The molecule has 2 heterocycles. The van der Waals surface area contributed by atoms with Crippen LogP contribution in [-0.2, 0) is 11.2 Å². The van der Waals surface area contributed by atoms with E-state index in [-0.39, 0.29) is 24.0 Å². The Hall–Kier alpha value is -6.32. The van der Waals surface area contributed by atoms with Crippen molar-refractivity contribution in [3.8, 4) is 22.3 Å². The predicted molar refractivity (Wildman–Crippen MR) is 323 cm³/mol. The van der Waals surface area contributed by atoms with Crippen molar-refractivity contribution in [3.05, 3.63) is 270 Å². The van der Waals surface area contributed by atoms with Gasteiger partial charge in [0, 0.05) is 56.8 Å². The van der Waals surface area contributed by atoms with Gasteiger partial charge in [0.25, 0.3) is 0 Å². The topological polar surface area (TPSA) is 72.7 Å². The molecular weight excluding hydrogens is 1190 g/mol. The Balaban J connectivity index is 0.000000194. The van der Waals surface area contributed by atoms with E-state index < -0.39 is 46.3 Å². The van der Waals surface area contributed by atoms with Crippen molar-refractivity contribution in [3.63, 3.8) is 0 Å². The summed E-state index contributed by atoms with van der Waals surface area (Å²) in [5, 5.41) is 27.7. The van der Waals surface area contributed by atoms with Gasteiger partial charge in [-0.05, 0) is 157 Å². The van der Waals surface area contributed by atoms with E-state index in [2.05, 4.69) is 31.9 Å². The monoisotopic (exact) mass is 1240 g/mol. The molecule has 0 aliphatic heterocycles. The van der Waals surface area contributed by atoms with Crippen LogP contribution in [0.5, 0.6) is 0 Å². The van der Waals surface area contributed by atoms with Crippen LogP contribution in [0.3, 0.4) is 0 Å². The highest BCUT2D eigenvalue weighted by atomic mass is 79.9. The first-order chi connectivity index (χ1) is 38.3. The number of fused-ring (bicyclic) bond motifs is 2.